The lowest BCUT2D eigenvalue weighted by molar-refractivity contribution is 0.229. The van der Waals surface area contributed by atoms with Crippen LogP contribution in [-0.2, 0) is 4.74 Å². The molecule has 1 aromatic rings. The van der Waals surface area contributed by atoms with Gasteiger partial charge >= 0.3 is 0 Å². The fourth-order valence-corrected chi connectivity index (χ4v) is 2.54. The minimum Gasteiger partial charge on any atom is -0.489 e. The molecule has 0 aliphatic carbocycles. The lowest BCUT2D eigenvalue weighted by Gasteiger charge is -2.18. The van der Waals surface area contributed by atoms with Gasteiger partial charge in [-0.25, -0.2) is 0 Å². The van der Waals surface area contributed by atoms with Gasteiger partial charge in [-0.3, -0.25) is 0 Å². The van der Waals surface area contributed by atoms with E-state index in [1.807, 2.05) is 0 Å². The van der Waals surface area contributed by atoms with Gasteiger partial charge in [0, 0.05) is 0 Å². The number of benzene rings is 1. The van der Waals surface area contributed by atoms with Crippen LogP contribution in [-0.4, -0.2) is 25.4 Å². The molecule has 1 saturated heterocycles. The fraction of sp³-hybridized carbons (Fsp3) is 0.700. The molecule has 1 heterocycles. The van der Waals surface area contributed by atoms with Crippen molar-refractivity contribution in [3.05, 3.63) is 23.8 Å². The van der Waals surface area contributed by atoms with E-state index >= 15 is 0 Å². The Hall–Kier alpha value is -1.22. The van der Waals surface area contributed by atoms with Crippen molar-refractivity contribution in [1.82, 2.24) is 0 Å². The monoisotopic (exact) mass is 320 g/mol. The highest BCUT2D eigenvalue weighted by Gasteiger charge is 2.35. The van der Waals surface area contributed by atoms with Gasteiger partial charge in [0.15, 0.2) is 11.5 Å². The SMILES string of the molecule is CC(C)COc1ccc(C(C)CC2OC2C)cc1OCC(C)C. The maximum atomic E-state index is 6.01. The van der Waals surface area contributed by atoms with Crippen LogP contribution in [0.5, 0.6) is 11.5 Å². The van der Waals surface area contributed by atoms with Gasteiger partial charge < -0.3 is 14.2 Å². The molecule has 3 atom stereocenters. The van der Waals surface area contributed by atoms with E-state index < -0.39 is 0 Å². The van der Waals surface area contributed by atoms with Gasteiger partial charge in [-0.15, -0.1) is 0 Å². The fourth-order valence-electron chi connectivity index (χ4n) is 2.54. The maximum absolute atomic E-state index is 6.01. The van der Waals surface area contributed by atoms with Crippen molar-refractivity contribution in [1.29, 1.82) is 0 Å². The summed E-state index contributed by atoms with van der Waals surface area (Å²) in [5, 5.41) is 0. The first-order valence-corrected chi connectivity index (χ1v) is 8.91. The smallest absolute Gasteiger partial charge is 0.161 e. The molecule has 1 fully saturated rings. The lowest BCUT2D eigenvalue weighted by atomic mass is 9.95. The number of hydrogen-bond donors (Lipinski definition) is 0. The summed E-state index contributed by atoms with van der Waals surface area (Å²) in [6.45, 7) is 14.4. The van der Waals surface area contributed by atoms with Crippen LogP contribution in [0.25, 0.3) is 0 Å². The zero-order chi connectivity index (χ0) is 17.0. The normalized spacial score (nSPS) is 21.6. The number of ether oxygens (including phenoxy) is 3. The van der Waals surface area contributed by atoms with Gasteiger partial charge in [-0.2, -0.15) is 0 Å². The van der Waals surface area contributed by atoms with Gasteiger partial charge in [-0.05, 0) is 48.8 Å². The molecular formula is C20H32O3. The molecule has 3 nitrogen and oxygen atoms in total. The first-order chi connectivity index (χ1) is 10.9. The predicted octanol–water partition coefficient (Wildman–Crippen LogP) is 5.04. The second kappa shape index (κ2) is 8.05. The molecule has 1 aliphatic rings. The molecule has 0 N–H and O–H groups in total. The molecule has 130 valence electrons. The van der Waals surface area contributed by atoms with Crippen molar-refractivity contribution < 1.29 is 14.2 Å². The van der Waals surface area contributed by atoms with Crippen molar-refractivity contribution >= 4 is 0 Å². The Bertz CT molecular complexity index is 496. The van der Waals surface area contributed by atoms with E-state index in [0.717, 1.165) is 17.9 Å². The largest absolute Gasteiger partial charge is 0.489 e. The summed E-state index contributed by atoms with van der Waals surface area (Å²) in [6.07, 6.45) is 1.90. The van der Waals surface area contributed by atoms with E-state index in [-0.39, 0.29) is 0 Å². The molecular weight excluding hydrogens is 288 g/mol. The zero-order valence-electron chi connectivity index (χ0n) is 15.5. The van der Waals surface area contributed by atoms with E-state index in [1.165, 1.54) is 5.56 Å². The van der Waals surface area contributed by atoms with Crippen LogP contribution in [0.2, 0.25) is 0 Å². The number of epoxide rings is 1. The van der Waals surface area contributed by atoms with E-state index in [4.69, 9.17) is 14.2 Å². The Morgan fingerprint density at radius 1 is 0.957 bits per heavy atom. The molecule has 0 amide bonds. The van der Waals surface area contributed by atoms with Crippen LogP contribution in [0.1, 0.15) is 59.4 Å². The number of hydrogen-bond acceptors (Lipinski definition) is 3. The summed E-state index contributed by atoms with van der Waals surface area (Å²) in [7, 11) is 0. The minimum atomic E-state index is 0.418. The third-order valence-electron chi connectivity index (χ3n) is 4.10. The molecule has 3 unspecified atom stereocenters. The van der Waals surface area contributed by atoms with Crippen LogP contribution < -0.4 is 9.47 Å². The van der Waals surface area contributed by atoms with Crippen molar-refractivity contribution in [2.75, 3.05) is 13.2 Å². The topological polar surface area (TPSA) is 31.0 Å². The Kier molecular flexibility index (Phi) is 6.34. The number of rotatable bonds is 9. The summed E-state index contributed by atoms with van der Waals surface area (Å²) < 4.78 is 17.5. The first kappa shape index (κ1) is 18.1. The average molecular weight is 320 g/mol. The molecule has 2 rings (SSSR count). The Morgan fingerprint density at radius 2 is 1.52 bits per heavy atom. The minimum absolute atomic E-state index is 0.418. The molecule has 0 aromatic heterocycles. The summed E-state index contributed by atoms with van der Waals surface area (Å²) in [6, 6.07) is 6.37. The average Bonchev–Trinajstić information content (AvgIpc) is 3.18. The van der Waals surface area contributed by atoms with E-state index in [1.54, 1.807) is 0 Å². The van der Waals surface area contributed by atoms with Crippen molar-refractivity contribution in [3.8, 4) is 11.5 Å². The van der Waals surface area contributed by atoms with Gasteiger partial charge in [0.2, 0.25) is 0 Å². The lowest BCUT2D eigenvalue weighted by Crippen LogP contribution is -2.09. The highest BCUT2D eigenvalue weighted by molar-refractivity contribution is 5.44. The molecule has 0 spiro atoms. The molecule has 0 radical (unpaired) electrons. The Labute approximate surface area is 141 Å². The van der Waals surface area contributed by atoms with Gasteiger partial charge in [0.1, 0.15) is 0 Å². The molecule has 1 aliphatic heterocycles. The van der Waals surface area contributed by atoms with E-state index in [0.29, 0.717) is 43.2 Å². The Balaban J connectivity index is 2.08. The van der Waals surface area contributed by atoms with Gasteiger partial charge in [-0.1, -0.05) is 40.7 Å². The third kappa shape index (κ3) is 5.72. The van der Waals surface area contributed by atoms with Crippen LogP contribution in [0.3, 0.4) is 0 Å². The predicted molar refractivity (Wildman–Crippen MR) is 94.5 cm³/mol. The van der Waals surface area contributed by atoms with Crippen LogP contribution in [0.4, 0.5) is 0 Å². The zero-order valence-corrected chi connectivity index (χ0v) is 15.5. The standard InChI is InChI=1S/C20H32O3/c1-13(2)11-21-18-8-7-17(10-20(18)22-12-14(3)4)15(5)9-19-16(6)23-19/h7-8,10,13-16,19H,9,11-12H2,1-6H3. The summed E-state index contributed by atoms with van der Waals surface area (Å²) in [4.78, 5) is 0. The maximum Gasteiger partial charge on any atom is 0.161 e. The second-order valence-corrected chi connectivity index (χ2v) is 7.63. The molecule has 23 heavy (non-hydrogen) atoms. The third-order valence-corrected chi connectivity index (χ3v) is 4.10. The summed E-state index contributed by atoms with van der Waals surface area (Å²) in [5.74, 6) is 3.18. The summed E-state index contributed by atoms with van der Waals surface area (Å²) in [5.41, 5.74) is 1.29. The highest BCUT2D eigenvalue weighted by atomic mass is 16.6. The van der Waals surface area contributed by atoms with E-state index in [9.17, 15) is 0 Å². The molecule has 0 saturated carbocycles. The quantitative estimate of drug-likeness (QED) is 0.597. The molecule has 1 aromatic carbocycles. The van der Waals surface area contributed by atoms with E-state index in [2.05, 4.69) is 59.7 Å². The molecule has 0 bridgehead atoms. The first-order valence-electron chi connectivity index (χ1n) is 8.91. The van der Waals surface area contributed by atoms with Crippen LogP contribution >= 0.6 is 0 Å². The van der Waals surface area contributed by atoms with Crippen molar-refractivity contribution in [3.63, 3.8) is 0 Å². The van der Waals surface area contributed by atoms with Gasteiger partial charge in [0.25, 0.3) is 0 Å². The van der Waals surface area contributed by atoms with Crippen LogP contribution in [0, 0.1) is 11.8 Å². The summed E-state index contributed by atoms with van der Waals surface area (Å²) >= 11 is 0. The Morgan fingerprint density at radius 3 is 2.04 bits per heavy atom. The van der Waals surface area contributed by atoms with Crippen molar-refractivity contribution in [2.45, 2.75) is 66.1 Å². The van der Waals surface area contributed by atoms with Crippen LogP contribution in [0.15, 0.2) is 18.2 Å². The van der Waals surface area contributed by atoms with Gasteiger partial charge in [0.05, 0.1) is 25.4 Å². The second-order valence-electron chi connectivity index (χ2n) is 7.63. The molecule has 3 heteroatoms. The highest BCUT2D eigenvalue weighted by Crippen LogP contribution is 2.36. The van der Waals surface area contributed by atoms with Crippen molar-refractivity contribution in [2.24, 2.45) is 11.8 Å².